The van der Waals surface area contributed by atoms with Gasteiger partial charge in [0.15, 0.2) is 0 Å². The zero-order chi connectivity index (χ0) is 25.3. The number of para-hydroxylation sites is 2. The number of methoxy groups -OCH3 is 1. The van der Waals surface area contributed by atoms with Crippen LogP contribution < -0.4 is 10.5 Å². The van der Waals surface area contributed by atoms with Gasteiger partial charge in [-0.05, 0) is 56.7 Å². The zero-order valence-corrected chi connectivity index (χ0v) is 21.4. The number of aryl methyl sites for hydroxylation is 1. The minimum absolute atomic E-state index is 0.0358. The molecular formula is C28H41N3O4. The molecule has 0 saturated carbocycles. The minimum atomic E-state index is -1.14. The van der Waals surface area contributed by atoms with Gasteiger partial charge in [-0.1, -0.05) is 36.4 Å². The van der Waals surface area contributed by atoms with Crippen LogP contribution in [0.25, 0.3) is 0 Å². The summed E-state index contributed by atoms with van der Waals surface area (Å²) in [6.07, 6.45) is 3.91. The quantitative estimate of drug-likeness (QED) is 0.459. The SMILES string of the molecule is COCCCC[C@@](O)(c1ccccc1Oc1ccccc1C)[C@@H]1CCCN(C(=O)N(C)CCN)C1. The standard InChI is InChI=1S/C28H41N3O4/c1-22-11-4-6-14-25(22)35-26-15-7-5-13-24(26)28(33,16-8-9-20-34-3)23-12-10-18-31(21-23)27(32)30(2)19-17-29/h4-7,11,13-15,23,33H,8-10,12,16-21,29H2,1-3H3/t23-,28+/m1/s1. The van der Waals surface area contributed by atoms with Crippen LogP contribution in [0, 0.1) is 12.8 Å². The third-order valence-corrected chi connectivity index (χ3v) is 6.98. The first kappa shape index (κ1) is 27.0. The minimum Gasteiger partial charge on any atom is -0.457 e. The number of nitrogens with zero attached hydrogens (tertiary/aromatic N) is 2. The Hall–Kier alpha value is -2.61. The molecule has 1 fully saturated rings. The van der Waals surface area contributed by atoms with Gasteiger partial charge in [-0.2, -0.15) is 0 Å². The van der Waals surface area contributed by atoms with Gasteiger partial charge in [0.1, 0.15) is 11.5 Å². The number of unbranched alkanes of at least 4 members (excludes halogenated alkanes) is 1. The Morgan fingerprint density at radius 3 is 2.60 bits per heavy atom. The van der Waals surface area contributed by atoms with E-state index in [0.717, 1.165) is 42.6 Å². The molecule has 1 heterocycles. The first-order valence-electron chi connectivity index (χ1n) is 12.6. The molecule has 7 nitrogen and oxygen atoms in total. The van der Waals surface area contributed by atoms with Gasteiger partial charge in [0.05, 0.1) is 5.60 Å². The van der Waals surface area contributed by atoms with Crippen molar-refractivity contribution in [3.8, 4) is 11.5 Å². The van der Waals surface area contributed by atoms with Crippen molar-refractivity contribution in [3.05, 3.63) is 59.7 Å². The van der Waals surface area contributed by atoms with E-state index in [4.69, 9.17) is 15.2 Å². The van der Waals surface area contributed by atoms with Crippen LogP contribution in [-0.2, 0) is 10.3 Å². The second-order valence-corrected chi connectivity index (χ2v) is 9.52. The van der Waals surface area contributed by atoms with Gasteiger partial charge in [-0.3, -0.25) is 0 Å². The molecule has 0 unspecified atom stereocenters. The molecule has 2 atom stereocenters. The van der Waals surface area contributed by atoms with Crippen LogP contribution >= 0.6 is 0 Å². The van der Waals surface area contributed by atoms with Crippen LogP contribution in [0.1, 0.15) is 43.2 Å². The maximum atomic E-state index is 13.0. The molecule has 0 aromatic heterocycles. The van der Waals surface area contributed by atoms with Crippen molar-refractivity contribution in [2.45, 2.75) is 44.6 Å². The van der Waals surface area contributed by atoms with Gasteiger partial charge in [0, 0.05) is 58.4 Å². The topological polar surface area (TPSA) is 88.3 Å². The van der Waals surface area contributed by atoms with E-state index in [0.29, 0.717) is 45.0 Å². The number of likely N-dealkylation sites (N-methyl/N-ethyl adjacent to an activating group) is 1. The molecule has 2 aromatic rings. The average Bonchev–Trinajstić information content (AvgIpc) is 2.88. The Morgan fingerprint density at radius 1 is 1.17 bits per heavy atom. The maximum absolute atomic E-state index is 13.0. The Morgan fingerprint density at radius 2 is 1.89 bits per heavy atom. The normalized spacial score (nSPS) is 17.6. The van der Waals surface area contributed by atoms with Gasteiger partial charge in [0.25, 0.3) is 0 Å². The molecule has 0 bridgehead atoms. The summed E-state index contributed by atoms with van der Waals surface area (Å²) in [5.41, 5.74) is 6.33. The fraction of sp³-hybridized carbons (Fsp3) is 0.536. The molecule has 1 saturated heterocycles. The number of benzene rings is 2. The summed E-state index contributed by atoms with van der Waals surface area (Å²) < 4.78 is 11.6. The fourth-order valence-corrected chi connectivity index (χ4v) is 4.97. The van der Waals surface area contributed by atoms with Crippen LogP contribution in [0.4, 0.5) is 4.79 Å². The van der Waals surface area contributed by atoms with E-state index < -0.39 is 5.60 Å². The molecule has 35 heavy (non-hydrogen) atoms. The lowest BCUT2D eigenvalue weighted by Crippen LogP contribution is -2.51. The molecule has 0 spiro atoms. The Labute approximate surface area is 209 Å². The summed E-state index contributed by atoms with van der Waals surface area (Å²) >= 11 is 0. The third-order valence-electron chi connectivity index (χ3n) is 6.98. The van der Waals surface area contributed by atoms with Crippen molar-refractivity contribution >= 4 is 6.03 Å². The number of ether oxygens (including phenoxy) is 2. The molecule has 0 aliphatic carbocycles. The Kier molecular flexibility index (Phi) is 9.95. The number of piperidine rings is 1. The van der Waals surface area contributed by atoms with E-state index in [2.05, 4.69) is 0 Å². The summed E-state index contributed by atoms with van der Waals surface area (Å²) in [6.45, 7) is 4.77. The Balaban J connectivity index is 1.92. The highest BCUT2D eigenvalue weighted by Gasteiger charge is 2.43. The predicted octanol–water partition coefficient (Wildman–Crippen LogP) is 4.51. The molecule has 192 valence electrons. The molecule has 3 N–H and O–H groups in total. The van der Waals surface area contributed by atoms with Gasteiger partial charge in [0.2, 0.25) is 0 Å². The summed E-state index contributed by atoms with van der Waals surface area (Å²) in [6, 6.07) is 15.6. The number of hydrogen-bond donors (Lipinski definition) is 2. The largest absolute Gasteiger partial charge is 0.457 e. The smallest absolute Gasteiger partial charge is 0.319 e. The van der Waals surface area contributed by atoms with Crippen LogP contribution in [0.3, 0.4) is 0 Å². The number of rotatable bonds is 11. The van der Waals surface area contributed by atoms with Crippen molar-refractivity contribution in [2.24, 2.45) is 11.7 Å². The van der Waals surface area contributed by atoms with E-state index in [1.807, 2.05) is 60.4 Å². The predicted molar refractivity (Wildman–Crippen MR) is 139 cm³/mol. The second-order valence-electron chi connectivity index (χ2n) is 9.52. The number of carbonyl (C=O) groups is 1. The molecule has 7 heteroatoms. The Bertz CT molecular complexity index is 953. The lowest BCUT2D eigenvalue weighted by molar-refractivity contribution is -0.0586. The number of hydrogen-bond acceptors (Lipinski definition) is 5. The lowest BCUT2D eigenvalue weighted by atomic mass is 9.73. The number of urea groups is 1. The van der Waals surface area contributed by atoms with Crippen LogP contribution in [0.2, 0.25) is 0 Å². The zero-order valence-electron chi connectivity index (χ0n) is 21.4. The highest BCUT2D eigenvalue weighted by molar-refractivity contribution is 5.74. The summed E-state index contributed by atoms with van der Waals surface area (Å²) in [5.74, 6) is 1.31. The van der Waals surface area contributed by atoms with Crippen molar-refractivity contribution in [3.63, 3.8) is 0 Å². The molecule has 2 aromatic carbocycles. The number of aliphatic hydroxyl groups is 1. The van der Waals surface area contributed by atoms with Crippen molar-refractivity contribution < 1.29 is 19.4 Å². The fourth-order valence-electron chi connectivity index (χ4n) is 4.97. The number of carbonyl (C=O) groups excluding carboxylic acids is 1. The number of amides is 2. The summed E-state index contributed by atoms with van der Waals surface area (Å²) in [7, 11) is 3.47. The van der Waals surface area contributed by atoms with E-state index in [9.17, 15) is 9.90 Å². The number of likely N-dealkylation sites (tertiary alicyclic amines) is 1. The molecular weight excluding hydrogens is 442 g/mol. The van der Waals surface area contributed by atoms with Gasteiger partial charge in [-0.15, -0.1) is 0 Å². The monoisotopic (exact) mass is 483 g/mol. The molecule has 1 aliphatic heterocycles. The molecule has 2 amide bonds. The highest BCUT2D eigenvalue weighted by atomic mass is 16.5. The molecule has 3 rings (SSSR count). The van der Waals surface area contributed by atoms with E-state index in [1.165, 1.54) is 0 Å². The summed E-state index contributed by atoms with van der Waals surface area (Å²) in [4.78, 5) is 16.5. The van der Waals surface area contributed by atoms with Gasteiger partial charge in [-0.25, -0.2) is 4.79 Å². The second kappa shape index (κ2) is 12.9. The van der Waals surface area contributed by atoms with Crippen molar-refractivity contribution in [1.82, 2.24) is 9.80 Å². The molecule has 1 aliphatic rings. The average molecular weight is 484 g/mol. The first-order valence-corrected chi connectivity index (χ1v) is 12.6. The first-order chi connectivity index (χ1) is 16.9. The van der Waals surface area contributed by atoms with Crippen molar-refractivity contribution in [2.75, 3.05) is 46.9 Å². The van der Waals surface area contributed by atoms with E-state index in [-0.39, 0.29) is 11.9 Å². The van der Waals surface area contributed by atoms with Crippen LogP contribution in [0.15, 0.2) is 48.5 Å². The van der Waals surface area contributed by atoms with Gasteiger partial charge >= 0.3 is 6.03 Å². The lowest BCUT2D eigenvalue weighted by Gasteiger charge is -2.44. The maximum Gasteiger partial charge on any atom is 0.319 e. The number of nitrogens with two attached hydrogens (primary N) is 1. The van der Waals surface area contributed by atoms with Crippen molar-refractivity contribution in [1.29, 1.82) is 0 Å². The summed E-state index contributed by atoms with van der Waals surface area (Å²) in [5, 5.41) is 12.4. The van der Waals surface area contributed by atoms with Crippen LogP contribution in [0.5, 0.6) is 11.5 Å². The van der Waals surface area contributed by atoms with E-state index in [1.54, 1.807) is 19.1 Å². The van der Waals surface area contributed by atoms with Crippen LogP contribution in [-0.4, -0.2) is 67.9 Å². The molecule has 0 radical (unpaired) electrons. The van der Waals surface area contributed by atoms with Gasteiger partial charge < -0.3 is 30.1 Å². The van der Waals surface area contributed by atoms with E-state index >= 15 is 0 Å². The third kappa shape index (κ3) is 6.75. The highest BCUT2D eigenvalue weighted by Crippen LogP contribution is 2.44.